The molecular weight excluding hydrogens is 486 g/mol. The van der Waals surface area contributed by atoms with Crippen molar-refractivity contribution in [1.29, 1.82) is 0 Å². The number of benzene rings is 2. The van der Waals surface area contributed by atoms with E-state index in [2.05, 4.69) is 25.6 Å². The molecule has 0 saturated heterocycles. The fourth-order valence-corrected chi connectivity index (χ4v) is 4.55. The van der Waals surface area contributed by atoms with Crippen LogP contribution in [0.3, 0.4) is 0 Å². The zero-order valence-electron chi connectivity index (χ0n) is 17.5. The average molecular weight is 503 g/mol. The third-order valence-electron chi connectivity index (χ3n) is 4.47. The van der Waals surface area contributed by atoms with Crippen LogP contribution in [-0.2, 0) is 5.75 Å². The zero-order chi connectivity index (χ0) is 23.5. The molecule has 0 aliphatic heterocycles. The molecule has 0 spiro atoms. The molecule has 0 unspecified atom stereocenters. The van der Waals surface area contributed by atoms with Gasteiger partial charge in [-0.25, -0.2) is 19.0 Å². The molecule has 33 heavy (non-hydrogen) atoms. The van der Waals surface area contributed by atoms with Crippen LogP contribution in [0, 0.1) is 19.7 Å². The Labute approximate surface area is 203 Å². The summed E-state index contributed by atoms with van der Waals surface area (Å²) in [7, 11) is 0. The first-order valence-corrected chi connectivity index (χ1v) is 11.5. The standard InChI is InChI=1S/C22H17Cl2FN6OS/c1-12-7-13(2)27-22(26-12)33-11-19-20(21(32)28-17-5-3-16(25)4-6-17)29-30-31(19)18-9-14(23)8-15(24)10-18/h3-10H,11H2,1-2H3,(H,28,32). The number of halogens is 3. The van der Waals surface area contributed by atoms with Gasteiger partial charge in [0.25, 0.3) is 5.91 Å². The molecule has 0 radical (unpaired) electrons. The van der Waals surface area contributed by atoms with Gasteiger partial charge in [0.2, 0.25) is 0 Å². The van der Waals surface area contributed by atoms with E-state index in [9.17, 15) is 9.18 Å². The Hall–Kier alpha value is -3.01. The molecule has 4 rings (SSSR count). The molecule has 1 N–H and O–H groups in total. The van der Waals surface area contributed by atoms with Gasteiger partial charge >= 0.3 is 0 Å². The average Bonchev–Trinajstić information content (AvgIpc) is 3.17. The number of nitrogens with one attached hydrogen (secondary N) is 1. The Morgan fingerprint density at radius 3 is 2.30 bits per heavy atom. The van der Waals surface area contributed by atoms with Crippen LogP contribution in [0.5, 0.6) is 0 Å². The van der Waals surface area contributed by atoms with Crippen molar-refractivity contribution in [2.45, 2.75) is 24.8 Å². The number of hydrogen-bond acceptors (Lipinski definition) is 6. The van der Waals surface area contributed by atoms with Crippen LogP contribution in [0.15, 0.2) is 53.7 Å². The number of aromatic nitrogens is 5. The zero-order valence-corrected chi connectivity index (χ0v) is 19.8. The molecule has 2 aromatic heterocycles. The highest BCUT2D eigenvalue weighted by Gasteiger charge is 2.22. The Bertz CT molecular complexity index is 1290. The lowest BCUT2D eigenvalue weighted by molar-refractivity contribution is 0.102. The lowest BCUT2D eigenvalue weighted by Crippen LogP contribution is -2.15. The number of aryl methyl sites for hydroxylation is 2. The molecule has 0 bridgehead atoms. The Balaban J connectivity index is 1.70. The van der Waals surface area contributed by atoms with Gasteiger partial charge in [-0.1, -0.05) is 40.2 Å². The van der Waals surface area contributed by atoms with E-state index in [4.69, 9.17) is 23.2 Å². The largest absolute Gasteiger partial charge is 0.321 e. The summed E-state index contributed by atoms with van der Waals surface area (Å²) >= 11 is 13.7. The molecule has 0 aliphatic carbocycles. The number of amides is 1. The van der Waals surface area contributed by atoms with Crippen molar-refractivity contribution in [2.75, 3.05) is 5.32 Å². The number of carbonyl (C=O) groups excluding carboxylic acids is 1. The van der Waals surface area contributed by atoms with Crippen molar-refractivity contribution >= 4 is 46.6 Å². The second-order valence-corrected chi connectivity index (χ2v) is 8.92. The summed E-state index contributed by atoms with van der Waals surface area (Å²) in [6.07, 6.45) is 0. The summed E-state index contributed by atoms with van der Waals surface area (Å²) in [5.41, 5.74) is 3.27. The summed E-state index contributed by atoms with van der Waals surface area (Å²) in [5.74, 6) is -0.591. The smallest absolute Gasteiger partial charge is 0.278 e. The Kier molecular flexibility index (Phi) is 6.92. The number of hydrogen-bond donors (Lipinski definition) is 1. The van der Waals surface area contributed by atoms with Gasteiger partial charge in [-0.05, 0) is 62.4 Å². The number of carbonyl (C=O) groups is 1. The van der Waals surface area contributed by atoms with Crippen LogP contribution in [-0.4, -0.2) is 30.9 Å². The third kappa shape index (κ3) is 5.68. The van der Waals surface area contributed by atoms with Crippen LogP contribution in [0.2, 0.25) is 10.0 Å². The van der Waals surface area contributed by atoms with E-state index in [-0.39, 0.29) is 5.69 Å². The summed E-state index contributed by atoms with van der Waals surface area (Å²) in [6.45, 7) is 3.78. The third-order valence-corrected chi connectivity index (χ3v) is 5.77. The van der Waals surface area contributed by atoms with Crippen molar-refractivity contribution in [1.82, 2.24) is 25.0 Å². The molecular formula is C22H17Cl2FN6OS. The summed E-state index contributed by atoms with van der Waals surface area (Å²) in [6, 6.07) is 12.3. The number of rotatable bonds is 6. The van der Waals surface area contributed by atoms with Gasteiger partial charge in [-0.15, -0.1) is 5.10 Å². The highest BCUT2D eigenvalue weighted by atomic mass is 35.5. The van der Waals surface area contributed by atoms with E-state index in [0.29, 0.717) is 38.0 Å². The maximum Gasteiger partial charge on any atom is 0.278 e. The predicted molar refractivity (Wildman–Crippen MR) is 127 cm³/mol. The second kappa shape index (κ2) is 9.86. The fourth-order valence-electron chi connectivity index (χ4n) is 3.09. The van der Waals surface area contributed by atoms with Crippen LogP contribution < -0.4 is 5.32 Å². The van der Waals surface area contributed by atoms with E-state index < -0.39 is 11.7 Å². The van der Waals surface area contributed by atoms with Gasteiger partial charge in [-0.3, -0.25) is 4.79 Å². The van der Waals surface area contributed by atoms with Crippen LogP contribution >= 0.6 is 35.0 Å². The van der Waals surface area contributed by atoms with E-state index in [1.807, 2.05) is 19.9 Å². The van der Waals surface area contributed by atoms with E-state index in [0.717, 1.165) is 11.4 Å². The van der Waals surface area contributed by atoms with Crippen molar-refractivity contribution in [2.24, 2.45) is 0 Å². The second-order valence-electron chi connectivity index (χ2n) is 7.11. The molecule has 0 fully saturated rings. The molecule has 1 amide bonds. The molecule has 0 saturated carbocycles. The molecule has 168 valence electrons. The summed E-state index contributed by atoms with van der Waals surface area (Å²) in [5, 5.41) is 12.4. The van der Waals surface area contributed by atoms with Crippen LogP contribution in [0.4, 0.5) is 10.1 Å². The van der Waals surface area contributed by atoms with Gasteiger partial charge in [-0.2, -0.15) is 0 Å². The minimum Gasteiger partial charge on any atom is -0.321 e. The van der Waals surface area contributed by atoms with E-state index in [1.54, 1.807) is 18.2 Å². The lowest BCUT2D eigenvalue weighted by atomic mass is 10.2. The monoisotopic (exact) mass is 502 g/mol. The normalized spacial score (nSPS) is 10.9. The van der Waals surface area contributed by atoms with E-state index in [1.165, 1.54) is 40.7 Å². The topological polar surface area (TPSA) is 85.6 Å². The Morgan fingerprint density at radius 1 is 1.03 bits per heavy atom. The minimum absolute atomic E-state index is 0.104. The van der Waals surface area contributed by atoms with Crippen molar-refractivity contribution in [3.63, 3.8) is 0 Å². The van der Waals surface area contributed by atoms with Crippen molar-refractivity contribution in [3.05, 3.63) is 87.2 Å². The minimum atomic E-state index is -0.488. The number of anilines is 1. The van der Waals surface area contributed by atoms with Gasteiger partial charge < -0.3 is 5.32 Å². The first kappa shape index (κ1) is 23.2. The van der Waals surface area contributed by atoms with Gasteiger partial charge in [0.15, 0.2) is 10.9 Å². The fraction of sp³-hybridized carbons (Fsp3) is 0.136. The SMILES string of the molecule is Cc1cc(C)nc(SCc2c(C(=O)Nc3ccc(F)cc3)nnn2-c2cc(Cl)cc(Cl)c2)n1. The summed E-state index contributed by atoms with van der Waals surface area (Å²) in [4.78, 5) is 21.9. The highest BCUT2D eigenvalue weighted by Crippen LogP contribution is 2.27. The van der Waals surface area contributed by atoms with Crippen LogP contribution in [0.25, 0.3) is 5.69 Å². The van der Waals surface area contributed by atoms with Gasteiger partial charge in [0.1, 0.15) is 5.82 Å². The Morgan fingerprint density at radius 2 is 1.67 bits per heavy atom. The van der Waals surface area contributed by atoms with Crippen molar-refractivity contribution in [3.8, 4) is 5.69 Å². The number of nitrogens with zero attached hydrogens (tertiary/aromatic N) is 5. The van der Waals surface area contributed by atoms with E-state index >= 15 is 0 Å². The summed E-state index contributed by atoms with van der Waals surface area (Å²) < 4.78 is 14.7. The molecule has 0 aliphatic rings. The first-order valence-electron chi connectivity index (χ1n) is 9.71. The van der Waals surface area contributed by atoms with Gasteiger partial charge in [0, 0.05) is 32.9 Å². The maximum absolute atomic E-state index is 13.2. The lowest BCUT2D eigenvalue weighted by Gasteiger charge is -2.10. The molecule has 11 heteroatoms. The molecule has 4 aromatic rings. The quantitative estimate of drug-likeness (QED) is 0.270. The van der Waals surface area contributed by atoms with Crippen LogP contribution in [0.1, 0.15) is 27.6 Å². The molecule has 7 nitrogen and oxygen atoms in total. The molecule has 2 aromatic carbocycles. The molecule has 2 heterocycles. The van der Waals surface area contributed by atoms with Crippen molar-refractivity contribution < 1.29 is 9.18 Å². The molecule has 0 atom stereocenters. The maximum atomic E-state index is 13.2. The predicted octanol–water partition coefficient (Wildman–Crippen LogP) is 5.66. The van der Waals surface area contributed by atoms with Gasteiger partial charge in [0.05, 0.1) is 11.4 Å². The number of thioether (sulfide) groups is 1. The first-order chi connectivity index (χ1) is 15.8. The highest BCUT2D eigenvalue weighted by molar-refractivity contribution is 7.98.